The molecule has 5 atom stereocenters. The van der Waals surface area contributed by atoms with E-state index in [0.29, 0.717) is 38.5 Å². The number of phosphoric acid groups is 2. The molecule has 0 bridgehead atoms. The summed E-state index contributed by atoms with van der Waals surface area (Å²) in [6.45, 7) is 4.75. The second-order valence-electron chi connectivity index (χ2n) is 27.0. The number of carbonyl (C=O) groups is 4. The van der Waals surface area contributed by atoms with Crippen LogP contribution in [0.25, 0.3) is 0 Å². The van der Waals surface area contributed by atoms with Crippen LogP contribution in [-0.4, -0.2) is 96.7 Å². The van der Waals surface area contributed by atoms with Crippen LogP contribution in [0.3, 0.4) is 0 Å². The largest absolute Gasteiger partial charge is 0.472 e. The first kappa shape index (κ1) is 98.0. The molecule has 0 rings (SSSR count). The third-order valence-corrected chi connectivity index (χ3v) is 19.0. The van der Waals surface area contributed by atoms with Crippen LogP contribution in [0.4, 0.5) is 0 Å². The minimum absolute atomic E-state index is 0.00780. The Bertz CT molecular complexity index is 2310. The Labute approximate surface area is 620 Å². The van der Waals surface area contributed by atoms with Crippen LogP contribution in [0, 0.1) is 0 Å². The zero-order valence-electron chi connectivity index (χ0n) is 64.5. The summed E-state index contributed by atoms with van der Waals surface area (Å²) in [5.74, 6) is -2.28. The molecule has 0 aliphatic rings. The van der Waals surface area contributed by atoms with E-state index >= 15 is 0 Å². The van der Waals surface area contributed by atoms with Crippen molar-refractivity contribution in [2.24, 2.45) is 0 Å². The molecule has 0 heterocycles. The average Bonchev–Trinajstić information content (AvgIpc) is 0.943. The van der Waals surface area contributed by atoms with E-state index in [1.54, 1.807) is 0 Å². The lowest BCUT2D eigenvalue weighted by atomic mass is 10.0. The molecule has 0 radical (unpaired) electrons. The molecule has 0 saturated heterocycles. The quantitative estimate of drug-likeness (QED) is 0.0169. The Morgan fingerprint density at radius 3 is 0.784 bits per heavy atom. The molecule has 0 saturated carbocycles. The summed E-state index contributed by atoms with van der Waals surface area (Å²) in [4.78, 5) is 73.0. The number of hydrogen-bond donors (Lipinski definition) is 3. The maximum atomic E-state index is 13.1. The fourth-order valence-electron chi connectivity index (χ4n) is 10.9. The lowest BCUT2D eigenvalue weighted by molar-refractivity contribution is -0.161. The number of hydrogen-bond acceptors (Lipinski definition) is 15. The molecule has 3 N–H and O–H groups in total. The average molecular weight is 1480 g/mol. The van der Waals surface area contributed by atoms with Crippen LogP contribution in [0.15, 0.2) is 97.2 Å². The molecule has 0 aliphatic heterocycles. The van der Waals surface area contributed by atoms with Crippen LogP contribution < -0.4 is 0 Å². The second-order valence-corrected chi connectivity index (χ2v) is 29.9. The Morgan fingerprint density at radius 2 is 0.490 bits per heavy atom. The van der Waals surface area contributed by atoms with E-state index < -0.39 is 97.5 Å². The highest BCUT2D eigenvalue weighted by Crippen LogP contribution is 2.45. The number of aliphatic hydroxyl groups is 1. The summed E-state index contributed by atoms with van der Waals surface area (Å²) in [6, 6.07) is 0. The molecule has 19 heteroatoms. The molecule has 0 fully saturated rings. The topological polar surface area (TPSA) is 237 Å². The molecule has 2 unspecified atom stereocenters. The normalized spacial score (nSPS) is 14.4. The highest BCUT2D eigenvalue weighted by atomic mass is 31.2. The van der Waals surface area contributed by atoms with E-state index in [9.17, 15) is 43.2 Å². The molecule has 17 nitrogen and oxygen atoms in total. The van der Waals surface area contributed by atoms with Gasteiger partial charge in [-0.3, -0.25) is 37.3 Å². The first-order chi connectivity index (χ1) is 49.7. The van der Waals surface area contributed by atoms with Gasteiger partial charge in [0.15, 0.2) is 12.2 Å². The standard InChI is InChI=1S/C83H146O17P2/c1-5-9-13-17-21-25-29-33-36-38-41-44-48-52-56-60-64-68-81(86)94-74-79(100-83(88)70-66-62-58-54-50-46-42-39-37-34-30-26-22-18-14-10-6-2)76-98-102(91,92)96-72-77(84)71-95-101(89,90)97-75-78(73-93-80(85)67-63-59-55-51-47-43-32-28-24-20-16-12-8-4)99-82(87)69-65-61-57-53-49-45-40-35-31-27-23-19-15-11-7-3/h21-22,25-26,33-34,36-37,41-42,44,46,52,54,56,58,77-79,84H,5-20,23-24,27-32,35,38-40,43,45,47-51,53,55,57,59-76H2,1-4H3,(H,89,90)(H,91,92)/b25-21-,26-22-,36-33-,37-34-,44-41-,46-42-,56-52-,58-54-/t77-,78+,79+/m0/s1. The van der Waals surface area contributed by atoms with Crippen molar-refractivity contribution in [3.8, 4) is 0 Å². The number of ether oxygens (including phenoxy) is 4. The summed E-state index contributed by atoms with van der Waals surface area (Å²) >= 11 is 0. The van der Waals surface area contributed by atoms with Crippen LogP contribution in [0.1, 0.15) is 349 Å². The van der Waals surface area contributed by atoms with E-state index in [4.69, 9.17) is 37.0 Å². The van der Waals surface area contributed by atoms with Crippen LogP contribution in [-0.2, 0) is 65.4 Å². The molecule has 0 aromatic rings. The van der Waals surface area contributed by atoms with Gasteiger partial charge in [0.1, 0.15) is 19.3 Å². The van der Waals surface area contributed by atoms with Gasteiger partial charge in [-0.1, -0.05) is 318 Å². The Hall–Kier alpha value is -4.02. The van der Waals surface area contributed by atoms with Gasteiger partial charge >= 0.3 is 39.5 Å². The van der Waals surface area contributed by atoms with Crippen molar-refractivity contribution in [3.05, 3.63) is 97.2 Å². The van der Waals surface area contributed by atoms with Crippen molar-refractivity contribution < 1.29 is 80.2 Å². The molecule has 590 valence electrons. The summed E-state index contributed by atoms with van der Waals surface area (Å²) in [7, 11) is -9.98. The predicted molar refractivity (Wildman–Crippen MR) is 418 cm³/mol. The molecule has 0 amide bonds. The maximum absolute atomic E-state index is 13.1. The molecule has 0 spiro atoms. The fourth-order valence-corrected chi connectivity index (χ4v) is 12.4. The fraction of sp³-hybridized carbons (Fsp3) is 0.759. The van der Waals surface area contributed by atoms with Crippen molar-refractivity contribution in [2.75, 3.05) is 39.6 Å². The van der Waals surface area contributed by atoms with Gasteiger partial charge in [0.2, 0.25) is 0 Å². The first-order valence-corrected chi connectivity index (χ1v) is 43.5. The molecule has 0 aromatic carbocycles. The summed E-state index contributed by atoms with van der Waals surface area (Å²) in [5, 5.41) is 10.6. The summed E-state index contributed by atoms with van der Waals surface area (Å²) < 4.78 is 68.5. The van der Waals surface area contributed by atoms with Crippen molar-refractivity contribution in [1.29, 1.82) is 0 Å². The van der Waals surface area contributed by atoms with Crippen LogP contribution in [0.2, 0.25) is 0 Å². The molecule has 102 heavy (non-hydrogen) atoms. The van der Waals surface area contributed by atoms with E-state index in [2.05, 4.69) is 101 Å². The maximum Gasteiger partial charge on any atom is 0.472 e. The van der Waals surface area contributed by atoms with Gasteiger partial charge in [0, 0.05) is 25.7 Å². The van der Waals surface area contributed by atoms with Gasteiger partial charge in [0.25, 0.3) is 0 Å². The van der Waals surface area contributed by atoms with Crippen molar-refractivity contribution in [3.63, 3.8) is 0 Å². The zero-order valence-corrected chi connectivity index (χ0v) is 66.3. The minimum Gasteiger partial charge on any atom is -0.462 e. The van der Waals surface area contributed by atoms with E-state index in [-0.39, 0.29) is 25.7 Å². The third-order valence-electron chi connectivity index (χ3n) is 17.1. The van der Waals surface area contributed by atoms with Crippen molar-refractivity contribution >= 4 is 39.5 Å². The number of aliphatic hydroxyl groups excluding tert-OH is 1. The monoisotopic (exact) mass is 1480 g/mol. The number of rotatable bonds is 76. The number of carbonyl (C=O) groups excluding carboxylic acids is 4. The summed E-state index contributed by atoms with van der Waals surface area (Å²) in [6.07, 6.45) is 79.7. The van der Waals surface area contributed by atoms with E-state index in [1.165, 1.54) is 161 Å². The van der Waals surface area contributed by atoms with Gasteiger partial charge < -0.3 is 33.8 Å². The van der Waals surface area contributed by atoms with E-state index in [1.807, 2.05) is 24.3 Å². The van der Waals surface area contributed by atoms with Crippen LogP contribution in [0.5, 0.6) is 0 Å². The zero-order chi connectivity index (χ0) is 74.6. The van der Waals surface area contributed by atoms with Gasteiger partial charge in [-0.25, -0.2) is 9.13 Å². The lowest BCUT2D eigenvalue weighted by Crippen LogP contribution is -2.30. The number of unbranched alkanes of at least 4 members (excludes halogenated alkanes) is 34. The molecular formula is C83H146O17P2. The van der Waals surface area contributed by atoms with Gasteiger partial charge in [-0.05, 0) is 103 Å². The highest BCUT2D eigenvalue weighted by Gasteiger charge is 2.30. The third kappa shape index (κ3) is 74.3. The Kier molecular flexibility index (Phi) is 72.3. The number of phosphoric ester groups is 2. The van der Waals surface area contributed by atoms with Gasteiger partial charge in [-0.15, -0.1) is 0 Å². The van der Waals surface area contributed by atoms with Gasteiger partial charge in [-0.2, -0.15) is 0 Å². The summed E-state index contributed by atoms with van der Waals surface area (Å²) in [5.41, 5.74) is 0. The molecule has 0 aliphatic carbocycles. The van der Waals surface area contributed by atoms with Crippen molar-refractivity contribution in [1.82, 2.24) is 0 Å². The number of esters is 4. The number of allylic oxidation sites excluding steroid dienone is 16. The molecule has 0 aromatic heterocycles. The Balaban J connectivity index is 5.44. The Morgan fingerprint density at radius 1 is 0.275 bits per heavy atom. The van der Waals surface area contributed by atoms with E-state index in [0.717, 1.165) is 96.3 Å². The lowest BCUT2D eigenvalue weighted by Gasteiger charge is -2.21. The van der Waals surface area contributed by atoms with Crippen LogP contribution >= 0.6 is 15.6 Å². The van der Waals surface area contributed by atoms with Gasteiger partial charge in [0.05, 0.1) is 26.4 Å². The highest BCUT2D eigenvalue weighted by molar-refractivity contribution is 7.47. The predicted octanol–water partition coefficient (Wildman–Crippen LogP) is 23.6. The minimum atomic E-state index is -5.00. The second kappa shape index (κ2) is 75.2. The molecular weight excluding hydrogens is 1330 g/mol. The SMILES string of the molecule is CCCCC/C=C\C/C=C\C/C=C\C/C=C\CCCC(=O)OC[C@H](COP(=O)(O)OC[C@@H](O)COP(=O)(O)OC[C@@H](COC(=O)CCCCCCCCCCCCCCC)OC(=O)CCCCCCCCCCCCCCCCC)OC(=O)CCC/C=C\C/C=C\C/C=C\C/C=C\CCCCC. The first-order valence-electron chi connectivity index (χ1n) is 40.5. The van der Waals surface area contributed by atoms with Crippen molar-refractivity contribution in [2.45, 2.75) is 367 Å². The smallest absolute Gasteiger partial charge is 0.462 e.